The van der Waals surface area contributed by atoms with Gasteiger partial charge in [-0.25, -0.2) is 13.8 Å². The summed E-state index contributed by atoms with van der Waals surface area (Å²) in [4.78, 5) is 7.27. The molecule has 1 fully saturated rings. The maximum atomic E-state index is 13.5. The predicted molar refractivity (Wildman–Crippen MR) is 69.8 cm³/mol. The van der Waals surface area contributed by atoms with E-state index in [1.807, 2.05) is 11.8 Å². The molecule has 0 spiro atoms. The van der Waals surface area contributed by atoms with Crippen molar-refractivity contribution in [3.8, 4) is 0 Å². The molecule has 1 saturated heterocycles. The first-order chi connectivity index (χ1) is 8.72. The van der Waals surface area contributed by atoms with Crippen LogP contribution in [0.25, 0.3) is 11.0 Å². The van der Waals surface area contributed by atoms with Crippen molar-refractivity contribution in [1.29, 1.82) is 0 Å². The maximum Gasteiger partial charge on any atom is 0.153 e. The van der Waals surface area contributed by atoms with E-state index >= 15 is 0 Å². The Hall–Kier alpha value is -1.10. The van der Waals surface area contributed by atoms with Gasteiger partial charge in [0.2, 0.25) is 0 Å². The van der Waals surface area contributed by atoms with Gasteiger partial charge in [-0.1, -0.05) is 0 Å². The number of nitrogens with one attached hydrogen (secondary N) is 1. The molecule has 0 saturated carbocycles. The molecule has 3 rings (SSSR count). The second kappa shape index (κ2) is 4.88. The van der Waals surface area contributed by atoms with Crippen molar-refractivity contribution < 1.29 is 8.78 Å². The fourth-order valence-electron chi connectivity index (χ4n) is 2.41. The number of H-pyrrole nitrogens is 1. The summed E-state index contributed by atoms with van der Waals surface area (Å²) >= 11 is 1.98. The van der Waals surface area contributed by atoms with E-state index in [1.165, 1.54) is 30.4 Å². The van der Waals surface area contributed by atoms with E-state index in [1.54, 1.807) is 0 Å². The Morgan fingerprint density at radius 2 is 2.06 bits per heavy atom. The van der Waals surface area contributed by atoms with Crippen LogP contribution in [0.3, 0.4) is 0 Å². The molecule has 0 unspecified atom stereocenters. The summed E-state index contributed by atoms with van der Waals surface area (Å²) in [6.07, 6.45) is 3.19. The van der Waals surface area contributed by atoms with Crippen molar-refractivity contribution in [2.75, 3.05) is 11.5 Å². The van der Waals surface area contributed by atoms with Gasteiger partial charge in [0.25, 0.3) is 0 Å². The third-order valence-electron chi connectivity index (χ3n) is 3.38. The molecular weight excluding hydrogens is 254 g/mol. The third-order valence-corrected chi connectivity index (χ3v) is 4.43. The van der Waals surface area contributed by atoms with E-state index in [-0.39, 0.29) is 5.52 Å². The molecule has 1 aromatic heterocycles. The second-order valence-electron chi connectivity index (χ2n) is 4.73. The van der Waals surface area contributed by atoms with Crippen molar-refractivity contribution in [3.63, 3.8) is 0 Å². The predicted octanol–water partition coefficient (Wildman–Crippen LogP) is 3.53. The summed E-state index contributed by atoms with van der Waals surface area (Å²) in [7, 11) is 0. The average Bonchev–Trinajstić information content (AvgIpc) is 2.73. The van der Waals surface area contributed by atoms with Gasteiger partial charge in [0.05, 0.1) is 5.52 Å². The number of hydrogen-bond acceptors (Lipinski definition) is 2. The molecule has 5 heteroatoms. The summed E-state index contributed by atoms with van der Waals surface area (Å²) in [6, 6.07) is 2.18. The fraction of sp³-hybridized carbons (Fsp3) is 0.462. The molecule has 1 aliphatic heterocycles. The monoisotopic (exact) mass is 268 g/mol. The van der Waals surface area contributed by atoms with Crippen molar-refractivity contribution >= 4 is 22.8 Å². The molecule has 2 heterocycles. The van der Waals surface area contributed by atoms with Crippen LogP contribution in [-0.4, -0.2) is 21.5 Å². The Kier molecular flexibility index (Phi) is 3.24. The first-order valence-corrected chi connectivity index (χ1v) is 7.29. The van der Waals surface area contributed by atoms with Crippen LogP contribution >= 0.6 is 11.8 Å². The minimum Gasteiger partial charge on any atom is -0.342 e. The van der Waals surface area contributed by atoms with Gasteiger partial charge in [0.1, 0.15) is 17.2 Å². The fourth-order valence-corrected chi connectivity index (χ4v) is 3.62. The number of rotatable bonds is 2. The van der Waals surface area contributed by atoms with E-state index < -0.39 is 11.6 Å². The zero-order chi connectivity index (χ0) is 12.5. The molecule has 0 amide bonds. The lowest BCUT2D eigenvalue weighted by Gasteiger charge is -2.19. The Morgan fingerprint density at radius 1 is 1.28 bits per heavy atom. The normalized spacial score (nSPS) is 17.4. The molecule has 1 N–H and O–H groups in total. The number of imidazole rings is 1. The van der Waals surface area contributed by atoms with Crippen LogP contribution in [0.4, 0.5) is 8.78 Å². The van der Waals surface area contributed by atoms with E-state index in [0.29, 0.717) is 11.4 Å². The SMILES string of the molecule is Fc1cc(F)c2nc(CC3CCSCC3)[nH]c2c1. The van der Waals surface area contributed by atoms with E-state index in [4.69, 9.17) is 0 Å². The van der Waals surface area contributed by atoms with Gasteiger partial charge in [-0.2, -0.15) is 11.8 Å². The van der Waals surface area contributed by atoms with Gasteiger partial charge in [-0.3, -0.25) is 0 Å². The summed E-state index contributed by atoms with van der Waals surface area (Å²) < 4.78 is 26.6. The van der Waals surface area contributed by atoms with Gasteiger partial charge in [-0.05, 0) is 36.3 Å². The summed E-state index contributed by atoms with van der Waals surface area (Å²) in [5.41, 5.74) is 0.698. The molecule has 1 aliphatic rings. The number of fused-ring (bicyclic) bond motifs is 1. The van der Waals surface area contributed by atoms with Gasteiger partial charge in [0.15, 0.2) is 5.82 Å². The zero-order valence-electron chi connectivity index (χ0n) is 9.88. The van der Waals surface area contributed by atoms with E-state index in [2.05, 4.69) is 9.97 Å². The number of halogens is 2. The lowest BCUT2D eigenvalue weighted by molar-refractivity contribution is 0.478. The van der Waals surface area contributed by atoms with Gasteiger partial charge in [0, 0.05) is 12.5 Å². The lowest BCUT2D eigenvalue weighted by Crippen LogP contribution is -2.12. The van der Waals surface area contributed by atoms with Gasteiger partial charge < -0.3 is 4.98 Å². The number of nitrogens with zero attached hydrogens (tertiary/aromatic N) is 1. The Labute approximate surface area is 108 Å². The molecule has 1 aromatic carbocycles. The standard InChI is InChI=1S/C13H14F2N2S/c14-9-6-10(15)13-11(7-9)16-12(17-13)5-8-1-3-18-4-2-8/h6-8H,1-5H2,(H,16,17). The molecule has 0 bridgehead atoms. The molecular formula is C13H14F2N2S. The van der Waals surface area contributed by atoms with Crippen LogP contribution in [0.5, 0.6) is 0 Å². The van der Waals surface area contributed by atoms with Crippen molar-refractivity contribution in [1.82, 2.24) is 9.97 Å². The van der Waals surface area contributed by atoms with Crippen LogP contribution in [0.1, 0.15) is 18.7 Å². The Morgan fingerprint density at radius 3 is 2.83 bits per heavy atom. The molecule has 2 aromatic rings. The number of aromatic nitrogens is 2. The summed E-state index contributed by atoms with van der Waals surface area (Å²) in [5.74, 6) is 2.60. The van der Waals surface area contributed by atoms with Crippen molar-refractivity contribution in [2.45, 2.75) is 19.3 Å². The van der Waals surface area contributed by atoms with E-state index in [9.17, 15) is 8.78 Å². The summed E-state index contributed by atoms with van der Waals surface area (Å²) in [6.45, 7) is 0. The maximum absolute atomic E-state index is 13.5. The molecule has 18 heavy (non-hydrogen) atoms. The van der Waals surface area contributed by atoms with Crippen molar-refractivity contribution in [3.05, 3.63) is 29.6 Å². The van der Waals surface area contributed by atoms with Crippen LogP contribution in [0.2, 0.25) is 0 Å². The Balaban J connectivity index is 1.86. The zero-order valence-corrected chi connectivity index (χ0v) is 10.7. The minimum absolute atomic E-state index is 0.247. The van der Waals surface area contributed by atoms with Crippen molar-refractivity contribution in [2.24, 2.45) is 5.92 Å². The smallest absolute Gasteiger partial charge is 0.153 e. The first-order valence-electron chi connectivity index (χ1n) is 6.14. The summed E-state index contributed by atoms with van der Waals surface area (Å²) in [5, 5.41) is 0. The number of thioether (sulfide) groups is 1. The highest BCUT2D eigenvalue weighted by atomic mass is 32.2. The Bertz CT molecular complexity index is 561. The van der Waals surface area contributed by atoms with Crippen LogP contribution in [0.15, 0.2) is 12.1 Å². The number of hydrogen-bond donors (Lipinski definition) is 1. The van der Waals surface area contributed by atoms with Gasteiger partial charge in [-0.15, -0.1) is 0 Å². The molecule has 0 aliphatic carbocycles. The molecule has 0 radical (unpaired) electrons. The molecule has 0 atom stereocenters. The quantitative estimate of drug-likeness (QED) is 0.902. The van der Waals surface area contributed by atoms with Gasteiger partial charge >= 0.3 is 0 Å². The highest BCUT2D eigenvalue weighted by Crippen LogP contribution is 2.26. The van der Waals surface area contributed by atoms with E-state index in [0.717, 1.165) is 18.3 Å². The van der Waals surface area contributed by atoms with Crippen LogP contribution in [0, 0.1) is 17.6 Å². The highest BCUT2D eigenvalue weighted by molar-refractivity contribution is 7.99. The number of benzene rings is 1. The molecule has 96 valence electrons. The lowest BCUT2D eigenvalue weighted by atomic mass is 9.99. The largest absolute Gasteiger partial charge is 0.342 e. The second-order valence-corrected chi connectivity index (χ2v) is 5.95. The van der Waals surface area contributed by atoms with Crippen LogP contribution < -0.4 is 0 Å². The minimum atomic E-state index is -0.591. The number of aromatic amines is 1. The highest BCUT2D eigenvalue weighted by Gasteiger charge is 2.17. The topological polar surface area (TPSA) is 28.7 Å². The average molecular weight is 268 g/mol. The molecule has 2 nitrogen and oxygen atoms in total. The first kappa shape index (κ1) is 12.0. The van der Waals surface area contributed by atoms with Crippen LogP contribution in [-0.2, 0) is 6.42 Å². The third kappa shape index (κ3) is 2.36.